The first-order valence-corrected chi connectivity index (χ1v) is 8.84. The van der Waals surface area contributed by atoms with Crippen LogP contribution in [0.5, 0.6) is 0 Å². The second-order valence-electron chi connectivity index (χ2n) is 5.17. The summed E-state index contributed by atoms with van der Waals surface area (Å²) in [5.74, 6) is 0.833. The zero-order valence-electron chi connectivity index (χ0n) is 16.8. The Labute approximate surface area is 153 Å². The van der Waals surface area contributed by atoms with E-state index in [0.29, 0.717) is 6.04 Å². The molecule has 2 aromatic rings. The van der Waals surface area contributed by atoms with Crippen molar-refractivity contribution in [3.8, 4) is 0 Å². The van der Waals surface area contributed by atoms with E-state index >= 15 is 0 Å². The van der Waals surface area contributed by atoms with E-state index in [1.165, 1.54) is 0 Å². The highest BCUT2D eigenvalue weighted by Crippen LogP contribution is 1.88. The lowest BCUT2D eigenvalue weighted by Crippen LogP contribution is -2.34. The van der Waals surface area contributed by atoms with Crippen LogP contribution in [0.15, 0.2) is 61.2 Å². The highest BCUT2D eigenvalue weighted by atomic mass is 15.0. The molecule has 0 unspecified atom stereocenters. The average Bonchev–Trinajstić information content (AvgIpc) is 2.61. The van der Waals surface area contributed by atoms with E-state index in [2.05, 4.69) is 56.6 Å². The number of nitrogens with zero attached hydrogens (tertiary/aromatic N) is 2. The molecule has 2 aromatic heterocycles. The van der Waals surface area contributed by atoms with Gasteiger partial charge in [0.25, 0.3) is 0 Å². The highest BCUT2D eigenvalue weighted by molar-refractivity contribution is 4.88. The van der Waals surface area contributed by atoms with E-state index in [1.54, 1.807) is 12.4 Å². The van der Waals surface area contributed by atoms with Gasteiger partial charge in [0.05, 0.1) is 0 Å². The molecular weight excluding hydrogens is 292 g/mol. The summed E-state index contributed by atoms with van der Waals surface area (Å²) in [6.07, 6.45) is 7.65. The fourth-order valence-corrected chi connectivity index (χ4v) is 1.07. The van der Waals surface area contributed by atoms with Gasteiger partial charge < -0.3 is 0 Å². The minimum Gasteiger partial charge on any atom is -0.265 e. The van der Waals surface area contributed by atoms with Crippen LogP contribution in [0.4, 0.5) is 0 Å². The summed E-state index contributed by atoms with van der Waals surface area (Å²) in [7, 11) is 0. The van der Waals surface area contributed by atoms with E-state index in [-0.39, 0.29) is 7.43 Å². The first kappa shape index (κ1) is 30.2. The maximum atomic E-state index is 3.78. The molecule has 0 fully saturated rings. The first-order valence-electron chi connectivity index (χ1n) is 8.84. The average molecular weight is 336 g/mol. The van der Waals surface area contributed by atoms with Gasteiger partial charge in [-0.1, -0.05) is 68.0 Å². The van der Waals surface area contributed by atoms with Gasteiger partial charge in [-0.05, 0) is 31.9 Å². The molecule has 0 bridgehead atoms. The van der Waals surface area contributed by atoms with Gasteiger partial charge in [0.15, 0.2) is 18.4 Å². The zero-order valence-corrected chi connectivity index (χ0v) is 16.8. The Morgan fingerprint density at radius 3 is 1.12 bits per heavy atom. The standard InChI is InChI=1S/C8H12N.C5H5N.C4H10.2C2H6.CH4/c1-8(2)9-6-4-3-5-7-9;1-2-4-6-5-3-1;1-4(2)3;2*1-2;/h3-8H,1-2H3;1-5H;4H,1-3H3;2*1-2H3;1H4/q+1;;;;;. The molecule has 0 atom stereocenters. The fraction of sp³-hybridized carbons (Fsp3) is 0.545. The van der Waals surface area contributed by atoms with E-state index in [0.717, 1.165) is 5.92 Å². The van der Waals surface area contributed by atoms with Crippen molar-refractivity contribution in [3.05, 3.63) is 61.2 Å². The fourth-order valence-electron chi connectivity index (χ4n) is 1.07. The molecule has 0 N–H and O–H groups in total. The normalized spacial score (nSPS) is 7.79. The highest BCUT2D eigenvalue weighted by Gasteiger charge is 2.00. The van der Waals surface area contributed by atoms with Gasteiger partial charge in [-0.3, -0.25) is 4.98 Å². The van der Waals surface area contributed by atoms with Crippen molar-refractivity contribution in [2.45, 2.75) is 75.8 Å². The van der Waals surface area contributed by atoms with Crippen LogP contribution in [0.1, 0.15) is 75.8 Å². The number of pyridine rings is 2. The quantitative estimate of drug-likeness (QED) is 0.513. The molecule has 2 heterocycles. The molecule has 0 radical (unpaired) electrons. The molecule has 0 aliphatic heterocycles. The molecule has 140 valence electrons. The lowest BCUT2D eigenvalue weighted by Gasteiger charge is -1.96. The zero-order chi connectivity index (χ0) is 18.5. The Morgan fingerprint density at radius 2 is 0.958 bits per heavy atom. The Kier molecular flexibility index (Phi) is 33.0. The summed E-state index contributed by atoms with van der Waals surface area (Å²) in [6.45, 7) is 18.8. The monoisotopic (exact) mass is 335 g/mol. The van der Waals surface area contributed by atoms with E-state index in [9.17, 15) is 0 Å². The van der Waals surface area contributed by atoms with Gasteiger partial charge >= 0.3 is 0 Å². The van der Waals surface area contributed by atoms with Crippen LogP contribution in [0.2, 0.25) is 0 Å². The van der Waals surface area contributed by atoms with Crippen molar-refractivity contribution < 1.29 is 4.57 Å². The van der Waals surface area contributed by atoms with Crippen LogP contribution in [-0.2, 0) is 0 Å². The van der Waals surface area contributed by atoms with Crippen LogP contribution < -0.4 is 4.57 Å². The van der Waals surface area contributed by atoms with Crippen molar-refractivity contribution in [2.75, 3.05) is 0 Å². The van der Waals surface area contributed by atoms with Crippen molar-refractivity contribution in [3.63, 3.8) is 0 Å². The van der Waals surface area contributed by atoms with E-state index in [1.807, 2.05) is 64.1 Å². The lowest BCUT2D eigenvalue weighted by molar-refractivity contribution is -0.716. The largest absolute Gasteiger partial charge is 0.265 e. The molecule has 0 saturated carbocycles. The Balaban J connectivity index is -0.000000117. The van der Waals surface area contributed by atoms with Crippen molar-refractivity contribution in [1.82, 2.24) is 4.98 Å². The van der Waals surface area contributed by atoms with Crippen LogP contribution in [0.3, 0.4) is 0 Å². The summed E-state index contributed by atoms with van der Waals surface area (Å²) >= 11 is 0. The summed E-state index contributed by atoms with van der Waals surface area (Å²) < 4.78 is 2.17. The lowest BCUT2D eigenvalue weighted by atomic mass is 10.3. The van der Waals surface area contributed by atoms with Crippen molar-refractivity contribution in [2.24, 2.45) is 5.92 Å². The van der Waals surface area contributed by atoms with E-state index in [4.69, 9.17) is 0 Å². The predicted molar refractivity (Wildman–Crippen MR) is 111 cm³/mol. The molecule has 0 aromatic carbocycles. The van der Waals surface area contributed by atoms with Gasteiger partial charge in [-0.15, -0.1) is 0 Å². The third-order valence-electron chi connectivity index (χ3n) is 1.90. The molecule has 2 rings (SSSR count). The Morgan fingerprint density at radius 1 is 0.625 bits per heavy atom. The first-order chi connectivity index (χ1) is 11.0. The Hall–Kier alpha value is -1.70. The van der Waals surface area contributed by atoms with Gasteiger partial charge in [-0.2, -0.15) is 0 Å². The molecule has 2 heteroatoms. The summed E-state index contributed by atoms with van der Waals surface area (Å²) in [4.78, 5) is 3.78. The molecule has 0 saturated heterocycles. The van der Waals surface area contributed by atoms with Gasteiger partial charge in [0.1, 0.15) is 0 Å². The minimum absolute atomic E-state index is 0. The van der Waals surface area contributed by atoms with Crippen LogP contribution in [0.25, 0.3) is 0 Å². The van der Waals surface area contributed by atoms with Crippen molar-refractivity contribution >= 4 is 0 Å². The third kappa shape index (κ3) is 28.5. The number of hydrogen-bond donors (Lipinski definition) is 0. The smallest absolute Gasteiger partial charge is 0.169 e. The molecular formula is C22H43N2+. The van der Waals surface area contributed by atoms with Gasteiger partial charge in [-0.25, -0.2) is 4.57 Å². The molecule has 0 spiro atoms. The molecule has 0 amide bonds. The van der Waals surface area contributed by atoms with E-state index < -0.39 is 0 Å². The summed E-state index contributed by atoms with van der Waals surface area (Å²) in [5, 5.41) is 0. The number of hydrogen-bond acceptors (Lipinski definition) is 1. The molecule has 24 heavy (non-hydrogen) atoms. The molecule has 2 nitrogen and oxygen atoms in total. The maximum absolute atomic E-state index is 3.78. The number of aromatic nitrogens is 2. The predicted octanol–water partition coefficient (Wildman–Crippen LogP) is 6.99. The molecule has 0 aliphatic rings. The summed E-state index contributed by atoms with van der Waals surface area (Å²) in [6, 6.07) is 12.4. The summed E-state index contributed by atoms with van der Waals surface area (Å²) in [5.41, 5.74) is 0. The van der Waals surface area contributed by atoms with Crippen molar-refractivity contribution in [1.29, 1.82) is 0 Å². The molecule has 0 aliphatic carbocycles. The number of rotatable bonds is 1. The minimum atomic E-state index is 0. The van der Waals surface area contributed by atoms with Gasteiger partial charge in [0, 0.05) is 24.5 Å². The van der Waals surface area contributed by atoms with Crippen LogP contribution >= 0.6 is 0 Å². The topological polar surface area (TPSA) is 16.8 Å². The Bertz CT molecular complexity index is 354. The second kappa shape index (κ2) is 26.2. The van der Waals surface area contributed by atoms with Gasteiger partial charge in [0.2, 0.25) is 0 Å². The van der Waals surface area contributed by atoms with Crippen LogP contribution in [-0.4, -0.2) is 4.98 Å². The van der Waals surface area contributed by atoms with Crippen LogP contribution in [0, 0.1) is 5.92 Å². The maximum Gasteiger partial charge on any atom is 0.169 e. The second-order valence-corrected chi connectivity index (χ2v) is 5.17. The SMILES string of the molecule is C.CC.CC.CC(C)C.CC(C)[n+]1ccccc1.c1ccncc1. The third-order valence-corrected chi connectivity index (χ3v) is 1.90.